The van der Waals surface area contributed by atoms with Crippen LogP contribution in [0.5, 0.6) is 0 Å². The van der Waals surface area contributed by atoms with Crippen molar-refractivity contribution >= 4 is 17.6 Å². The third-order valence-corrected chi connectivity index (χ3v) is 1.81. The van der Waals surface area contributed by atoms with Gasteiger partial charge in [-0.2, -0.15) is 0 Å². The van der Waals surface area contributed by atoms with Gasteiger partial charge in [0, 0.05) is 18.7 Å². The van der Waals surface area contributed by atoms with Crippen LogP contribution >= 0.6 is 11.6 Å². The van der Waals surface area contributed by atoms with E-state index >= 15 is 0 Å². The Bertz CT molecular complexity index is 183. The van der Waals surface area contributed by atoms with Gasteiger partial charge in [-0.05, 0) is 19.8 Å². The van der Waals surface area contributed by atoms with Gasteiger partial charge in [-0.15, -0.1) is 0 Å². The molecule has 0 rings (SSSR count). The van der Waals surface area contributed by atoms with Gasteiger partial charge < -0.3 is 10.1 Å². The first kappa shape index (κ1) is 13.3. The Balaban J connectivity index is 3.13. The maximum absolute atomic E-state index is 10.8. The van der Waals surface area contributed by atoms with Crippen molar-refractivity contribution in [2.75, 3.05) is 12.6 Å². The highest BCUT2D eigenvalue weighted by Crippen LogP contribution is 2.01. The van der Waals surface area contributed by atoms with E-state index in [9.17, 15) is 4.79 Å². The minimum absolute atomic E-state index is 0.0456. The lowest BCUT2D eigenvalue weighted by molar-refractivity contribution is -0.141. The molecule has 0 unspecified atom stereocenters. The normalized spacial score (nSPS) is 9.57. The van der Waals surface area contributed by atoms with Crippen molar-refractivity contribution in [3.05, 3.63) is 12.3 Å². The van der Waals surface area contributed by atoms with Crippen molar-refractivity contribution in [2.45, 2.75) is 32.6 Å². The number of nitrogens with one attached hydrogen (secondary N) is 1. The van der Waals surface area contributed by atoms with E-state index in [-0.39, 0.29) is 12.0 Å². The van der Waals surface area contributed by atoms with E-state index in [0.717, 1.165) is 31.5 Å². The first-order valence-electron chi connectivity index (χ1n) is 4.77. The Kier molecular flexibility index (Phi) is 8.43. The Morgan fingerprint density at radius 2 is 2.14 bits per heavy atom. The average Bonchev–Trinajstić information content (AvgIpc) is 2.11. The second kappa shape index (κ2) is 8.88. The van der Waals surface area contributed by atoms with Gasteiger partial charge in [0.05, 0.1) is 0 Å². The lowest BCUT2D eigenvalue weighted by Crippen LogP contribution is -2.11. The molecule has 0 atom stereocenters. The van der Waals surface area contributed by atoms with Crippen LogP contribution in [0.15, 0.2) is 12.3 Å². The van der Waals surface area contributed by atoms with E-state index in [2.05, 4.69) is 16.6 Å². The summed E-state index contributed by atoms with van der Waals surface area (Å²) in [6.45, 7) is 6.57. The van der Waals surface area contributed by atoms with E-state index in [1.807, 2.05) is 6.92 Å². The second-order valence-electron chi connectivity index (χ2n) is 3.14. The molecule has 0 aromatic carbocycles. The Morgan fingerprint density at radius 3 is 2.71 bits per heavy atom. The molecule has 0 bridgehead atoms. The van der Waals surface area contributed by atoms with Crippen LogP contribution < -0.4 is 5.32 Å². The monoisotopic (exact) mass is 219 g/mol. The molecule has 0 amide bonds. The summed E-state index contributed by atoms with van der Waals surface area (Å²) in [6.07, 6.45) is 3.37. The molecule has 0 aliphatic carbocycles. The number of hydrogen-bond donors (Lipinski definition) is 1. The van der Waals surface area contributed by atoms with Crippen LogP contribution in [0.25, 0.3) is 0 Å². The number of carbonyl (C=O) groups excluding carboxylic acids is 1. The maximum atomic E-state index is 10.8. The van der Waals surface area contributed by atoms with Gasteiger partial charge in [0.15, 0.2) is 6.07 Å². The van der Waals surface area contributed by atoms with E-state index < -0.39 is 0 Å². The minimum Gasteiger partial charge on any atom is -0.449 e. The van der Waals surface area contributed by atoms with Crippen molar-refractivity contribution in [1.29, 1.82) is 0 Å². The summed E-state index contributed by atoms with van der Waals surface area (Å²) in [5.74, 6) is -0.215. The van der Waals surface area contributed by atoms with Gasteiger partial charge >= 0.3 is 5.97 Å². The Labute approximate surface area is 90.5 Å². The molecule has 82 valence electrons. The molecule has 0 spiro atoms. The molecule has 0 aliphatic rings. The predicted molar refractivity (Wildman–Crippen MR) is 58.1 cm³/mol. The highest BCUT2D eigenvalue weighted by atomic mass is 35.5. The quantitative estimate of drug-likeness (QED) is 0.387. The van der Waals surface area contributed by atoms with Gasteiger partial charge in [-0.3, -0.25) is 4.79 Å². The molecule has 4 heteroatoms. The summed E-state index contributed by atoms with van der Waals surface area (Å²) >= 11 is 5.23. The van der Waals surface area contributed by atoms with Crippen LogP contribution in [0.4, 0.5) is 0 Å². The van der Waals surface area contributed by atoms with Crippen LogP contribution in [0.3, 0.4) is 0 Å². The maximum Gasteiger partial charge on any atom is 0.306 e. The van der Waals surface area contributed by atoms with E-state index in [0.29, 0.717) is 6.42 Å². The summed E-state index contributed by atoms with van der Waals surface area (Å²) in [6, 6.07) is -0.0456. The van der Waals surface area contributed by atoms with Crippen molar-refractivity contribution in [2.24, 2.45) is 0 Å². The second-order valence-corrected chi connectivity index (χ2v) is 3.36. The third kappa shape index (κ3) is 9.39. The highest BCUT2D eigenvalue weighted by Gasteiger charge is 2.00. The first-order chi connectivity index (χ1) is 6.66. The first-order valence-corrected chi connectivity index (χ1v) is 5.31. The SMILES string of the molecule is C=C(C)NCCCCCC(=O)OCCl. The standard InChI is InChI=1S/C10H18ClNO2/c1-9(2)12-7-5-3-4-6-10(13)14-8-11/h12H,1,3-8H2,2H3. The number of allylic oxidation sites excluding steroid dienone is 1. The number of hydrogen-bond acceptors (Lipinski definition) is 3. The van der Waals surface area contributed by atoms with Gasteiger partial charge in [-0.25, -0.2) is 0 Å². The zero-order valence-electron chi connectivity index (χ0n) is 8.64. The summed E-state index contributed by atoms with van der Waals surface area (Å²) in [7, 11) is 0. The summed E-state index contributed by atoms with van der Waals surface area (Å²) in [5.41, 5.74) is 0.978. The van der Waals surface area contributed by atoms with Crippen molar-refractivity contribution in [3.8, 4) is 0 Å². The molecule has 0 radical (unpaired) electrons. The molecule has 1 N–H and O–H groups in total. The van der Waals surface area contributed by atoms with Crippen LogP contribution in [0.1, 0.15) is 32.6 Å². The summed E-state index contributed by atoms with van der Waals surface area (Å²) in [5, 5.41) is 3.13. The molecule has 0 aromatic rings. The van der Waals surface area contributed by atoms with E-state index in [1.165, 1.54) is 0 Å². The predicted octanol–water partition coefficient (Wildman–Crippen LogP) is 2.41. The summed E-state index contributed by atoms with van der Waals surface area (Å²) in [4.78, 5) is 10.8. The highest BCUT2D eigenvalue weighted by molar-refractivity contribution is 6.17. The van der Waals surface area contributed by atoms with Crippen molar-refractivity contribution in [3.63, 3.8) is 0 Å². The van der Waals surface area contributed by atoms with Crippen LogP contribution in [0.2, 0.25) is 0 Å². The fraction of sp³-hybridized carbons (Fsp3) is 0.700. The number of carbonyl (C=O) groups is 1. The zero-order chi connectivity index (χ0) is 10.8. The average molecular weight is 220 g/mol. The van der Waals surface area contributed by atoms with Gasteiger partial charge in [0.2, 0.25) is 0 Å². The molecule has 0 saturated carbocycles. The fourth-order valence-corrected chi connectivity index (χ4v) is 1.13. The fourth-order valence-electron chi connectivity index (χ4n) is 1.01. The van der Waals surface area contributed by atoms with Gasteiger partial charge in [0.1, 0.15) is 0 Å². The number of ether oxygens (including phenoxy) is 1. The van der Waals surface area contributed by atoms with Gasteiger partial charge in [0.25, 0.3) is 0 Å². The topological polar surface area (TPSA) is 38.3 Å². The molecular formula is C10H18ClNO2. The van der Waals surface area contributed by atoms with Crippen LogP contribution in [-0.4, -0.2) is 18.6 Å². The number of halogens is 1. The lowest BCUT2D eigenvalue weighted by Gasteiger charge is -2.04. The molecule has 0 aromatic heterocycles. The van der Waals surface area contributed by atoms with E-state index in [4.69, 9.17) is 11.6 Å². The largest absolute Gasteiger partial charge is 0.449 e. The zero-order valence-corrected chi connectivity index (χ0v) is 9.40. The smallest absolute Gasteiger partial charge is 0.306 e. The number of unbranched alkanes of at least 4 members (excludes halogenated alkanes) is 2. The molecular weight excluding hydrogens is 202 g/mol. The molecule has 3 nitrogen and oxygen atoms in total. The molecule has 14 heavy (non-hydrogen) atoms. The minimum atomic E-state index is -0.215. The number of esters is 1. The number of alkyl halides is 1. The molecule has 0 saturated heterocycles. The molecule has 0 fully saturated rings. The van der Waals surface area contributed by atoms with Crippen LogP contribution in [0, 0.1) is 0 Å². The van der Waals surface area contributed by atoms with Crippen molar-refractivity contribution in [1.82, 2.24) is 5.32 Å². The lowest BCUT2D eigenvalue weighted by atomic mass is 10.2. The third-order valence-electron chi connectivity index (χ3n) is 1.70. The van der Waals surface area contributed by atoms with Crippen molar-refractivity contribution < 1.29 is 9.53 Å². The summed E-state index contributed by atoms with van der Waals surface area (Å²) < 4.78 is 4.58. The van der Waals surface area contributed by atoms with Gasteiger partial charge in [-0.1, -0.05) is 24.6 Å². The number of rotatable bonds is 8. The molecule has 0 aliphatic heterocycles. The Hall–Kier alpha value is -0.700. The van der Waals surface area contributed by atoms with Crippen LogP contribution in [-0.2, 0) is 9.53 Å². The van der Waals surface area contributed by atoms with E-state index in [1.54, 1.807) is 0 Å². The molecule has 0 heterocycles. The Morgan fingerprint density at radius 1 is 1.43 bits per heavy atom.